The summed E-state index contributed by atoms with van der Waals surface area (Å²) in [7, 11) is 0.495. The molecule has 0 aromatic heterocycles. The fourth-order valence-electron chi connectivity index (χ4n) is 3.82. The second kappa shape index (κ2) is 10.8. The molecule has 0 radical (unpaired) electrons. The Hall–Kier alpha value is -2.91. The summed E-state index contributed by atoms with van der Waals surface area (Å²) in [5.74, 6) is -0.0313. The fraction of sp³-hybridized carbons (Fsp3) is 0.417. The van der Waals surface area contributed by atoms with E-state index < -0.39 is 10.0 Å². The monoisotopic (exact) mass is 473 g/mol. The van der Waals surface area contributed by atoms with Gasteiger partial charge in [-0.1, -0.05) is 30.3 Å². The lowest BCUT2D eigenvalue weighted by atomic mass is 10.0. The van der Waals surface area contributed by atoms with Gasteiger partial charge in [0.25, 0.3) is 5.91 Å². The molecule has 1 aliphatic heterocycles. The van der Waals surface area contributed by atoms with Crippen LogP contribution < -0.4 is 10.1 Å². The largest absolute Gasteiger partial charge is 0.495 e. The molecule has 2 aromatic carbocycles. The van der Waals surface area contributed by atoms with Gasteiger partial charge in [0.05, 0.1) is 7.11 Å². The Balaban J connectivity index is 1.57. The molecule has 0 aliphatic carbocycles. The zero-order valence-corrected chi connectivity index (χ0v) is 20.1. The number of piperidine rings is 1. The van der Waals surface area contributed by atoms with Gasteiger partial charge in [-0.2, -0.15) is 0 Å². The third-order valence-electron chi connectivity index (χ3n) is 5.80. The molecule has 2 aromatic rings. The molecule has 0 bridgehead atoms. The number of hydrogen-bond acceptors (Lipinski definition) is 5. The highest BCUT2D eigenvalue weighted by molar-refractivity contribution is 7.89. The number of methoxy groups -OCH3 is 1. The summed E-state index contributed by atoms with van der Waals surface area (Å²) < 4.78 is 31.5. The number of amides is 2. The van der Waals surface area contributed by atoms with E-state index in [1.165, 1.54) is 33.3 Å². The van der Waals surface area contributed by atoms with Gasteiger partial charge in [0.15, 0.2) is 0 Å². The molecule has 1 N–H and O–H groups in total. The van der Waals surface area contributed by atoms with Gasteiger partial charge in [-0.25, -0.2) is 12.7 Å². The van der Waals surface area contributed by atoms with Gasteiger partial charge in [-0.3, -0.25) is 9.59 Å². The lowest BCUT2D eigenvalue weighted by Gasteiger charge is -2.32. The summed E-state index contributed by atoms with van der Waals surface area (Å²) in [6.45, 7) is 0.981. The molecule has 9 heteroatoms. The van der Waals surface area contributed by atoms with Gasteiger partial charge in [-0.15, -0.1) is 0 Å². The molecule has 0 saturated carbocycles. The zero-order chi connectivity index (χ0) is 24.0. The van der Waals surface area contributed by atoms with E-state index in [-0.39, 0.29) is 28.5 Å². The highest BCUT2D eigenvalue weighted by atomic mass is 32.2. The fourth-order valence-corrected chi connectivity index (χ4v) is 4.89. The van der Waals surface area contributed by atoms with Crippen molar-refractivity contribution in [2.24, 2.45) is 0 Å². The van der Waals surface area contributed by atoms with Gasteiger partial charge in [0.2, 0.25) is 15.9 Å². The normalized spacial score (nSPS) is 14.8. The van der Waals surface area contributed by atoms with Crippen molar-refractivity contribution in [3.63, 3.8) is 0 Å². The second-order valence-electron chi connectivity index (χ2n) is 8.27. The van der Waals surface area contributed by atoms with Crippen molar-refractivity contribution in [3.8, 4) is 5.75 Å². The average Bonchev–Trinajstić information content (AvgIpc) is 2.83. The van der Waals surface area contributed by atoms with Gasteiger partial charge in [0.1, 0.15) is 10.6 Å². The molecular weight excluding hydrogens is 442 g/mol. The molecular formula is C24H31N3O5S. The summed E-state index contributed by atoms with van der Waals surface area (Å²) in [5, 5.41) is 3.07. The predicted octanol–water partition coefficient (Wildman–Crippen LogP) is 2.30. The van der Waals surface area contributed by atoms with Crippen molar-refractivity contribution >= 4 is 21.8 Å². The number of nitrogens with zero attached hydrogens (tertiary/aromatic N) is 2. The number of likely N-dealkylation sites (tertiary alicyclic amines) is 1. The molecule has 3 rings (SSSR count). The van der Waals surface area contributed by atoms with Gasteiger partial charge in [-0.05, 0) is 43.0 Å². The van der Waals surface area contributed by atoms with E-state index in [0.717, 1.165) is 9.87 Å². The maximum absolute atomic E-state index is 13.0. The lowest BCUT2D eigenvalue weighted by Crippen LogP contribution is -2.46. The summed E-state index contributed by atoms with van der Waals surface area (Å²) in [5.41, 5.74) is 1.42. The van der Waals surface area contributed by atoms with Crippen LogP contribution in [0.25, 0.3) is 0 Å². The van der Waals surface area contributed by atoms with Crippen molar-refractivity contribution in [1.82, 2.24) is 14.5 Å². The van der Waals surface area contributed by atoms with Gasteiger partial charge >= 0.3 is 0 Å². The molecule has 2 amide bonds. The van der Waals surface area contributed by atoms with Crippen molar-refractivity contribution in [2.75, 3.05) is 34.3 Å². The first-order chi connectivity index (χ1) is 15.7. The van der Waals surface area contributed by atoms with Crippen molar-refractivity contribution in [1.29, 1.82) is 0 Å². The van der Waals surface area contributed by atoms with Crippen LogP contribution in [0.15, 0.2) is 53.4 Å². The Bertz CT molecular complexity index is 1080. The van der Waals surface area contributed by atoms with Crippen molar-refractivity contribution in [3.05, 3.63) is 59.7 Å². The Morgan fingerprint density at radius 3 is 2.36 bits per heavy atom. The second-order valence-corrected chi connectivity index (χ2v) is 10.4. The van der Waals surface area contributed by atoms with Crippen LogP contribution in [0.1, 0.15) is 35.2 Å². The molecule has 0 spiro atoms. The van der Waals surface area contributed by atoms with E-state index in [9.17, 15) is 18.0 Å². The molecule has 1 fully saturated rings. The van der Waals surface area contributed by atoms with Crippen LogP contribution in [0.2, 0.25) is 0 Å². The molecule has 1 heterocycles. The summed E-state index contributed by atoms with van der Waals surface area (Å²) >= 11 is 0. The molecule has 178 valence electrons. The van der Waals surface area contributed by atoms with Crippen LogP contribution in [0.3, 0.4) is 0 Å². The number of sulfonamides is 1. The minimum Gasteiger partial charge on any atom is -0.495 e. The lowest BCUT2D eigenvalue weighted by molar-refractivity contribution is -0.122. The Kier molecular flexibility index (Phi) is 8.10. The van der Waals surface area contributed by atoms with E-state index in [0.29, 0.717) is 44.3 Å². The molecule has 0 atom stereocenters. The van der Waals surface area contributed by atoms with Crippen LogP contribution >= 0.6 is 0 Å². The maximum atomic E-state index is 13.0. The first-order valence-electron chi connectivity index (χ1n) is 11.0. The Morgan fingerprint density at radius 2 is 1.76 bits per heavy atom. The highest BCUT2D eigenvalue weighted by Crippen LogP contribution is 2.28. The van der Waals surface area contributed by atoms with Crippen molar-refractivity contribution in [2.45, 2.75) is 36.6 Å². The minimum atomic E-state index is -3.76. The molecule has 8 nitrogen and oxygen atoms in total. The van der Waals surface area contributed by atoms with Crippen LogP contribution in [0.5, 0.6) is 5.75 Å². The quantitative estimate of drug-likeness (QED) is 0.635. The number of ether oxygens (including phenoxy) is 1. The summed E-state index contributed by atoms with van der Waals surface area (Å²) in [6, 6.07) is 14.4. The topological polar surface area (TPSA) is 96.0 Å². The SMILES string of the molecule is COc1ccc(C(=O)N2CCC(NC(=O)CCc3ccccc3)CC2)cc1S(=O)(=O)N(C)C. The Morgan fingerprint density at radius 1 is 1.09 bits per heavy atom. The predicted molar refractivity (Wildman–Crippen MR) is 126 cm³/mol. The van der Waals surface area contributed by atoms with E-state index in [1.54, 1.807) is 11.0 Å². The van der Waals surface area contributed by atoms with Gasteiger partial charge < -0.3 is 15.0 Å². The van der Waals surface area contributed by atoms with Crippen LogP contribution in [0.4, 0.5) is 0 Å². The van der Waals surface area contributed by atoms with Gasteiger partial charge in [0, 0.05) is 45.2 Å². The number of carbonyl (C=O) groups is 2. The highest BCUT2D eigenvalue weighted by Gasteiger charge is 2.28. The number of carbonyl (C=O) groups excluding carboxylic acids is 2. The number of aryl methyl sites for hydroxylation is 1. The van der Waals surface area contributed by atoms with Crippen LogP contribution in [-0.2, 0) is 21.2 Å². The third kappa shape index (κ3) is 6.11. The summed E-state index contributed by atoms with van der Waals surface area (Å²) in [4.78, 5) is 27.0. The number of nitrogens with one attached hydrogen (secondary N) is 1. The number of rotatable bonds is 8. The molecule has 33 heavy (non-hydrogen) atoms. The first kappa shape index (κ1) is 24.7. The standard InChI is InChI=1S/C24H31N3O5S/c1-26(2)33(30,31)22-17-19(10-11-21(22)32-3)24(29)27-15-13-20(14-16-27)25-23(28)12-9-18-7-5-4-6-8-18/h4-8,10-11,17,20H,9,12-16H2,1-3H3,(H,25,28). The average molecular weight is 474 g/mol. The number of hydrogen-bond donors (Lipinski definition) is 1. The van der Waals surface area contributed by atoms with Crippen LogP contribution in [0, 0.1) is 0 Å². The van der Waals surface area contributed by atoms with Crippen molar-refractivity contribution < 1.29 is 22.7 Å². The van der Waals surface area contributed by atoms with E-state index >= 15 is 0 Å². The Labute approximate surface area is 195 Å². The third-order valence-corrected chi connectivity index (χ3v) is 7.64. The summed E-state index contributed by atoms with van der Waals surface area (Å²) in [6.07, 6.45) is 2.43. The smallest absolute Gasteiger partial charge is 0.253 e. The first-order valence-corrected chi connectivity index (χ1v) is 12.4. The minimum absolute atomic E-state index is 0.0114. The molecule has 1 aliphatic rings. The van der Waals surface area contributed by atoms with E-state index in [1.807, 2.05) is 30.3 Å². The van der Waals surface area contributed by atoms with E-state index in [4.69, 9.17) is 4.74 Å². The van der Waals surface area contributed by atoms with E-state index in [2.05, 4.69) is 5.32 Å². The maximum Gasteiger partial charge on any atom is 0.253 e. The molecule has 1 saturated heterocycles. The van der Waals surface area contributed by atoms with Crippen LogP contribution in [-0.4, -0.2) is 69.8 Å². The number of benzene rings is 2. The molecule has 0 unspecified atom stereocenters. The zero-order valence-electron chi connectivity index (χ0n) is 19.3.